The molecule has 2 aliphatic heterocycles. The van der Waals surface area contributed by atoms with Crippen LogP contribution >= 0.6 is 39.1 Å². The van der Waals surface area contributed by atoms with Crippen LogP contribution in [0.25, 0.3) is 0 Å². The van der Waals surface area contributed by atoms with Crippen molar-refractivity contribution in [1.82, 2.24) is 10.2 Å². The number of nitrogens with zero attached hydrogens (tertiary/aromatic N) is 2. The summed E-state index contributed by atoms with van der Waals surface area (Å²) in [6.07, 6.45) is 12.5. The van der Waals surface area contributed by atoms with Crippen LogP contribution < -0.4 is 5.32 Å². The van der Waals surface area contributed by atoms with Crippen LogP contribution in [0, 0.1) is 11.3 Å². The van der Waals surface area contributed by atoms with E-state index in [9.17, 15) is 9.59 Å². The van der Waals surface area contributed by atoms with Gasteiger partial charge in [0.05, 0.1) is 17.9 Å². The van der Waals surface area contributed by atoms with Crippen molar-refractivity contribution < 1.29 is 9.59 Å². The van der Waals surface area contributed by atoms with E-state index >= 15 is 0 Å². The predicted molar refractivity (Wildman–Crippen MR) is 221 cm³/mol. The molecule has 0 radical (unpaired) electrons. The zero-order chi connectivity index (χ0) is 37.4. The van der Waals surface area contributed by atoms with Crippen molar-refractivity contribution in [2.75, 3.05) is 25.0 Å². The maximum absolute atomic E-state index is 12.6. The molecule has 5 nitrogen and oxygen atoms in total. The van der Waals surface area contributed by atoms with Gasteiger partial charge in [0.1, 0.15) is 0 Å². The van der Waals surface area contributed by atoms with Gasteiger partial charge in [0.2, 0.25) is 0 Å². The number of piperidine rings is 2. The standard InChI is InChI=1S/C21H24ClNO.C13H19N.C8H6BrClO.C2H3N/c22-19-12-10-18(11-13-19)21(24)16-23-15-5-4-8-20(23)14-9-17-6-2-1-3-7-17;1-2-6-12(7-3-1)9-10-13-8-4-5-11-14-13;9-5-8(11)6-1-3-7(10)4-2-6;1-2-3/h1-3,6-7,10-13,20H,4-5,8-9,14-16H2;1-3,6-7,13-14H,4-5,8-11H2;1-4H,5H2;1H3. The minimum absolute atomic E-state index is 0.0710. The maximum atomic E-state index is 12.6. The van der Waals surface area contributed by atoms with Gasteiger partial charge in [-0.15, -0.1) is 0 Å². The monoisotopic (exact) mass is 803 g/mol. The number of Topliss-reactive ketones (excluding diaryl/α,β-unsaturated/α-hetero) is 2. The maximum Gasteiger partial charge on any atom is 0.176 e. The number of nitrogens with one attached hydrogen (secondary N) is 1. The van der Waals surface area contributed by atoms with Crippen LogP contribution in [0.5, 0.6) is 0 Å². The minimum atomic E-state index is 0.0710. The number of ketones is 2. The molecule has 0 aliphatic carbocycles. The summed E-state index contributed by atoms with van der Waals surface area (Å²) in [7, 11) is 0. The second-order valence-electron chi connectivity index (χ2n) is 13.0. The second kappa shape index (κ2) is 25.6. The smallest absolute Gasteiger partial charge is 0.176 e. The van der Waals surface area contributed by atoms with Crippen molar-refractivity contribution in [3.8, 4) is 6.07 Å². The summed E-state index contributed by atoms with van der Waals surface area (Å²) >= 11 is 14.6. The third kappa shape index (κ3) is 17.0. The molecule has 2 heterocycles. The molecular weight excluding hydrogens is 753 g/mol. The van der Waals surface area contributed by atoms with Gasteiger partial charge in [-0.05, 0) is 124 Å². The fourth-order valence-electron chi connectivity index (χ4n) is 6.35. The summed E-state index contributed by atoms with van der Waals surface area (Å²) in [5.41, 5.74) is 4.30. The number of likely N-dealkylation sites (tertiary alicyclic amines) is 1. The first-order valence-corrected chi connectivity index (χ1v) is 20.2. The first-order chi connectivity index (χ1) is 25.3. The Morgan fingerprint density at radius 1 is 0.731 bits per heavy atom. The molecule has 0 aromatic heterocycles. The van der Waals surface area contributed by atoms with Gasteiger partial charge in [-0.1, -0.05) is 113 Å². The topological polar surface area (TPSA) is 73.2 Å². The summed E-state index contributed by atoms with van der Waals surface area (Å²) in [6, 6.07) is 38.5. The molecule has 2 unspecified atom stereocenters. The van der Waals surface area contributed by atoms with Crippen LogP contribution in [0.4, 0.5) is 0 Å². The van der Waals surface area contributed by atoms with Gasteiger partial charge in [-0.3, -0.25) is 14.5 Å². The molecule has 2 atom stereocenters. The molecule has 0 saturated carbocycles. The van der Waals surface area contributed by atoms with Gasteiger partial charge in [0, 0.05) is 40.2 Å². The summed E-state index contributed by atoms with van der Waals surface area (Å²) in [5, 5.41) is 12.6. The Bertz CT molecular complexity index is 1610. The molecule has 2 fully saturated rings. The van der Waals surface area contributed by atoms with Crippen molar-refractivity contribution in [3.05, 3.63) is 141 Å². The fourth-order valence-corrected chi connectivity index (χ4v) is 6.93. The molecule has 2 saturated heterocycles. The Kier molecular flexibility index (Phi) is 21.2. The van der Waals surface area contributed by atoms with E-state index in [1.165, 1.54) is 76.0 Å². The molecule has 6 rings (SSSR count). The Morgan fingerprint density at radius 3 is 1.73 bits per heavy atom. The quantitative estimate of drug-likeness (QED) is 0.121. The molecule has 0 amide bonds. The van der Waals surface area contributed by atoms with Gasteiger partial charge in [0.15, 0.2) is 11.6 Å². The lowest BCUT2D eigenvalue weighted by Crippen LogP contribution is -2.42. The van der Waals surface area contributed by atoms with E-state index in [0.717, 1.165) is 31.0 Å². The van der Waals surface area contributed by atoms with E-state index in [4.69, 9.17) is 28.5 Å². The van der Waals surface area contributed by atoms with Crippen LogP contribution in [-0.2, 0) is 12.8 Å². The summed E-state index contributed by atoms with van der Waals surface area (Å²) in [6.45, 7) is 4.19. The van der Waals surface area contributed by atoms with Crippen molar-refractivity contribution in [1.29, 1.82) is 5.26 Å². The lowest BCUT2D eigenvalue weighted by Gasteiger charge is -2.35. The van der Waals surface area contributed by atoms with Gasteiger partial charge in [-0.25, -0.2) is 0 Å². The summed E-state index contributed by atoms with van der Waals surface area (Å²) in [5.74, 6) is 0.264. The second-order valence-corrected chi connectivity index (χ2v) is 14.5. The van der Waals surface area contributed by atoms with Crippen molar-refractivity contribution >= 4 is 50.7 Å². The highest BCUT2D eigenvalue weighted by atomic mass is 79.9. The third-order valence-electron chi connectivity index (χ3n) is 9.20. The molecule has 52 heavy (non-hydrogen) atoms. The average Bonchev–Trinajstić information content (AvgIpc) is 3.19. The van der Waals surface area contributed by atoms with Crippen molar-refractivity contribution in [3.63, 3.8) is 0 Å². The van der Waals surface area contributed by atoms with E-state index in [2.05, 4.69) is 86.8 Å². The van der Waals surface area contributed by atoms with Crippen LogP contribution in [0.3, 0.4) is 0 Å². The lowest BCUT2D eigenvalue weighted by atomic mass is 9.95. The molecule has 1 N–H and O–H groups in total. The van der Waals surface area contributed by atoms with Crippen molar-refractivity contribution in [2.24, 2.45) is 0 Å². The van der Waals surface area contributed by atoms with Crippen molar-refractivity contribution in [2.45, 2.75) is 83.2 Å². The summed E-state index contributed by atoms with van der Waals surface area (Å²) < 4.78 is 0. The number of hydrogen-bond donors (Lipinski definition) is 1. The molecule has 4 aromatic rings. The van der Waals surface area contributed by atoms with Gasteiger partial charge in [0.25, 0.3) is 0 Å². The lowest BCUT2D eigenvalue weighted by molar-refractivity contribution is 0.0832. The van der Waals surface area contributed by atoms with E-state index in [0.29, 0.717) is 33.5 Å². The largest absolute Gasteiger partial charge is 0.314 e. The van der Waals surface area contributed by atoms with Crippen LogP contribution in [-0.4, -0.2) is 53.5 Å². The number of rotatable bonds is 11. The molecular formula is C44H52BrCl2N3O2. The third-order valence-corrected chi connectivity index (χ3v) is 10.2. The average molecular weight is 806 g/mol. The van der Waals surface area contributed by atoms with Gasteiger partial charge < -0.3 is 5.32 Å². The molecule has 0 bridgehead atoms. The number of benzene rings is 4. The van der Waals surface area contributed by atoms with Crippen LogP contribution in [0.2, 0.25) is 10.0 Å². The number of aryl methyl sites for hydroxylation is 2. The van der Waals surface area contributed by atoms with E-state index in [1.54, 1.807) is 42.5 Å². The first-order valence-electron chi connectivity index (χ1n) is 18.3. The number of alkyl halides is 1. The Labute approximate surface area is 329 Å². The molecule has 4 aromatic carbocycles. The van der Waals surface area contributed by atoms with Crippen LogP contribution in [0.15, 0.2) is 109 Å². The molecule has 8 heteroatoms. The Hall–Kier alpha value is -3.31. The molecule has 276 valence electrons. The SMILES string of the molecule is CC#N.O=C(CBr)c1ccc(Cl)cc1.O=C(CN1CCCCC1CCc1ccccc1)c1ccc(Cl)cc1.c1ccc(CCC2CCCCN2)cc1. The number of hydrogen-bond acceptors (Lipinski definition) is 5. The van der Waals surface area contributed by atoms with E-state index in [-0.39, 0.29) is 11.6 Å². The zero-order valence-electron chi connectivity index (χ0n) is 30.3. The molecule has 2 aliphatic rings. The highest BCUT2D eigenvalue weighted by molar-refractivity contribution is 9.09. The predicted octanol–water partition coefficient (Wildman–Crippen LogP) is 11.2. The van der Waals surface area contributed by atoms with E-state index < -0.39 is 0 Å². The van der Waals surface area contributed by atoms with Gasteiger partial charge in [-0.2, -0.15) is 5.26 Å². The Balaban J connectivity index is 0.000000220. The van der Waals surface area contributed by atoms with Gasteiger partial charge >= 0.3 is 0 Å². The van der Waals surface area contributed by atoms with Crippen LogP contribution in [0.1, 0.15) is 90.1 Å². The number of halogens is 3. The summed E-state index contributed by atoms with van der Waals surface area (Å²) in [4.78, 5) is 26.0. The highest BCUT2D eigenvalue weighted by Gasteiger charge is 2.24. The molecule has 0 spiro atoms. The highest BCUT2D eigenvalue weighted by Crippen LogP contribution is 2.22. The number of nitriles is 1. The fraction of sp³-hybridized carbons (Fsp3) is 0.386. The van der Waals surface area contributed by atoms with E-state index in [1.807, 2.05) is 12.1 Å². The first kappa shape index (κ1) is 43.1. The normalized spacial score (nSPS) is 16.7. The Morgan fingerprint density at radius 2 is 1.23 bits per heavy atom. The zero-order valence-corrected chi connectivity index (χ0v) is 33.4. The number of carbonyl (C=O) groups excluding carboxylic acids is 2. The number of carbonyl (C=O) groups is 2. The minimum Gasteiger partial charge on any atom is -0.314 e.